The fraction of sp³-hybridized carbons (Fsp3) is 0.333. The molecule has 0 aliphatic heterocycles. The molecule has 0 fully saturated rings. The minimum absolute atomic E-state index is 0.135. The Labute approximate surface area is 174 Å². The zero-order valence-electron chi connectivity index (χ0n) is 17.0. The number of esters is 1. The number of carbonyl (C=O) groups excluding carboxylic acids is 2. The normalized spacial score (nSPS) is 11.4. The molecular weight excluding hydrogens is 398 g/mol. The van der Waals surface area contributed by atoms with Crippen LogP contribution in [-0.4, -0.2) is 39.3 Å². The number of hydrogen-bond donors (Lipinski definition) is 1. The van der Waals surface area contributed by atoms with Crippen molar-refractivity contribution in [3.63, 3.8) is 0 Å². The molecule has 2 aromatic carbocycles. The third kappa shape index (κ3) is 5.32. The van der Waals surface area contributed by atoms with Gasteiger partial charge in [0, 0.05) is 17.2 Å². The third-order valence-electron chi connectivity index (χ3n) is 4.26. The maximum Gasteiger partial charge on any atom is 0.340 e. The number of hydrogen-bond acceptors (Lipinski definition) is 6. The second-order valence-electron chi connectivity index (χ2n) is 6.16. The first kappa shape index (κ1) is 22.4. The first-order chi connectivity index (χ1) is 13.8. The topological polar surface area (TPSA) is 83.1 Å². The minimum Gasteiger partial charge on any atom is -0.493 e. The van der Waals surface area contributed by atoms with Crippen LogP contribution in [0.25, 0.3) is 0 Å². The number of rotatable bonds is 8. The van der Waals surface area contributed by atoms with Crippen LogP contribution < -0.4 is 19.5 Å². The molecule has 29 heavy (non-hydrogen) atoms. The average molecular weight is 422 g/mol. The molecule has 0 aromatic heterocycles. The zero-order valence-corrected chi connectivity index (χ0v) is 17.8. The largest absolute Gasteiger partial charge is 0.493 e. The first-order valence-electron chi connectivity index (χ1n) is 8.92. The number of amides is 1. The Morgan fingerprint density at radius 3 is 2.28 bits per heavy atom. The molecule has 0 saturated carbocycles. The monoisotopic (exact) mass is 421 g/mol. The molecule has 0 heterocycles. The predicted octanol–water partition coefficient (Wildman–Crippen LogP) is 4.25. The summed E-state index contributed by atoms with van der Waals surface area (Å²) in [5.74, 6) is 0.180. The highest BCUT2D eigenvalue weighted by atomic mass is 35.5. The summed E-state index contributed by atoms with van der Waals surface area (Å²) >= 11 is 6.03. The fourth-order valence-corrected chi connectivity index (χ4v) is 2.77. The summed E-state index contributed by atoms with van der Waals surface area (Å²) in [5, 5.41) is 3.34. The van der Waals surface area contributed by atoms with E-state index in [-0.39, 0.29) is 11.3 Å². The van der Waals surface area contributed by atoms with Crippen LogP contribution >= 0.6 is 11.6 Å². The summed E-state index contributed by atoms with van der Waals surface area (Å²) in [7, 11) is 4.17. The number of ether oxygens (including phenoxy) is 4. The molecule has 2 aromatic rings. The van der Waals surface area contributed by atoms with E-state index in [1.54, 1.807) is 18.2 Å². The van der Waals surface area contributed by atoms with Crippen LogP contribution in [0, 0.1) is 6.92 Å². The van der Waals surface area contributed by atoms with Gasteiger partial charge in [-0.05, 0) is 37.1 Å². The van der Waals surface area contributed by atoms with Gasteiger partial charge in [0.05, 0.1) is 32.6 Å². The lowest BCUT2D eigenvalue weighted by molar-refractivity contribution is -0.122. The number of benzene rings is 2. The number of anilines is 1. The molecule has 8 heteroatoms. The van der Waals surface area contributed by atoms with Gasteiger partial charge in [-0.25, -0.2) is 4.79 Å². The Bertz CT molecular complexity index is 899. The lowest BCUT2D eigenvalue weighted by Crippen LogP contribution is -2.33. The van der Waals surface area contributed by atoms with Crippen molar-refractivity contribution in [1.29, 1.82) is 0 Å². The van der Waals surface area contributed by atoms with Crippen molar-refractivity contribution in [2.75, 3.05) is 26.6 Å². The molecule has 2 rings (SSSR count). The Kier molecular flexibility index (Phi) is 7.73. The lowest BCUT2D eigenvalue weighted by atomic mass is 10.1. The summed E-state index contributed by atoms with van der Waals surface area (Å²) < 4.78 is 21.1. The smallest absolute Gasteiger partial charge is 0.340 e. The minimum atomic E-state index is -0.783. The first-order valence-corrected chi connectivity index (χ1v) is 9.30. The molecular formula is C21H24ClNO6. The summed E-state index contributed by atoms with van der Waals surface area (Å²) in [6.07, 6.45) is -0.372. The summed E-state index contributed by atoms with van der Waals surface area (Å²) in [6, 6.07) is 8.11. The molecule has 0 bridgehead atoms. The van der Waals surface area contributed by atoms with Gasteiger partial charge in [0.2, 0.25) is 0 Å². The third-order valence-corrected chi connectivity index (χ3v) is 4.68. The molecule has 0 aliphatic rings. The van der Waals surface area contributed by atoms with E-state index in [0.717, 1.165) is 5.56 Å². The zero-order chi connectivity index (χ0) is 21.6. The quantitative estimate of drug-likeness (QED) is 0.641. The molecule has 156 valence electrons. The molecule has 1 amide bonds. The van der Waals surface area contributed by atoms with Crippen molar-refractivity contribution in [1.82, 2.24) is 0 Å². The molecule has 7 nitrogen and oxygen atoms in total. The molecule has 0 spiro atoms. The molecule has 1 atom stereocenters. The van der Waals surface area contributed by atoms with Gasteiger partial charge in [-0.3, -0.25) is 4.79 Å². The van der Waals surface area contributed by atoms with Gasteiger partial charge in [0.15, 0.2) is 17.6 Å². The van der Waals surface area contributed by atoms with Crippen molar-refractivity contribution >= 4 is 29.2 Å². The number of halogens is 1. The van der Waals surface area contributed by atoms with Crippen LogP contribution in [-0.2, 0) is 9.53 Å². The highest BCUT2D eigenvalue weighted by Crippen LogP contribution is 2.34. The van der Waals surface area contributed by atoms with Crippen LogP contribution in [0.5, 0.6) is 17.2 Å². The van der Waals surface area contributed by atoms with E-state index in [1.807, 2.05) is 13.8 Å². The summed E-state index contributed by atoms with van der Waals surface area (Å²) in [6.45, 7) is 3.67. The maximum atomic E-state index is 12.8. The van der Waals surface area contributed by atoms with Crippen molar-refractivity contribution in [3.8, 4) is 17.2 Å². The molecule has 0 unspecified atom stereocenters. The van der Waals surface area contributed by atoms with Gasteiger partial charge in [0.1, 0.15) is 5.75 Å². The molecule has 0 radical (unpaired) electrons. The molecule has 0 saturated heterocycles. The maximum absolute atomic E-state index is 12.8. The van der Waals surface area contributed by atoms with Crippen molar-refractivity contribution in [3.05, 3.63) is 46.5 Å². The Hall–Kier alpha value is -2.93. The van der Waals surface area contributed by atoms with Gasteiger partial charge in [0.25, 0.3) is 5.91 Å². The van der Waals surface area contributed by atoms with E-state index >= 15 is 0 Å². The van der Waals surface area contributed by atoms with E-state index in [2.05, 4.69) is 5.32 Å². The highest BCUT2D eigenvalue weighted by molar-refractivity contribution is 6.31. The second kappa shape index (κ2) is 10.0. The number of aryl methyl sites for hydroxylation is 1. The summed E-state index contributed by atoms with van der Waals surface area (Å²) in [4.78, 5) is 25.0. The second-order valence-corrected chi connectivity index (χ2v) is 6.57. The van der Waals surface area contributed by atoms with Gasteiger partial charge >= 0.3 is 5.97 Å². The van der Waals surface area contributed by atoms with Crippen LogP contribution in [0.2, 0.25) is 5.02 Å². The molecule has 0 aliphatic carbocycles. The van der Waals surface area contributed by atoms with E-state index in [4.69, 9.17) is 30.5 Å². The Balaban J connectivity index is 2.30. The van der Waals surface area contributed by atoms with Gasteiger partial charge in [-0.1, -0.05) is 18.5 Å². The van der Waals surface area contributed by atoms with Crippen molar-refractivity contribution in [2.45, 2.75) is 26.4 Å². The number of methoxy groups -OCH3 is 3. The van der Waals surface area contributed by atoms with Gasteiger partial charge < -0.3 is 24.3 Å². The average Bonchev–Trinajstić information content (AvgIpc) is 2.73. The van der Waals surface area contributed by atoms with E-state index < -0.39 is 18.0 Å². The van der Waals surface area contributed by atoms with Crippen LogP contribution in [0.15, 0.2) is 30.3 Å². The summed E-state index contributed by atoms with van der Waals surface area (Å²) in [5.41, 5.74) is 1.21. The fourth-order valence-electron chi connectivity index (χ4n) is 2.65. The van der Waals surface area contributed by atoms with Crippen molar-refractivity contribution < 1.29 is 28.5 Å². The van der Waals surface area contributed by atoms with Crippen LogP contribution in [0.3, 0.4) is 0 Å². The van der Waals surface area contributed by atoms with Crippen molar-refractivity contribution in [2.24, 2.45) is 0 Å². The Morgan fingerprint density at radius 2 is 1.72 bits per heavy atom. The van der Waals surface area contributed by atoms with E-state index in [0.29, 0.717) is 28.7 Å². The number of carbonyl (C=O) groups is 2. The van der Waals surface area contributed by atoms with E-state index in [1.165, 1.54) is 33.5 Å². The van der Waals surface area contributed by atoms with Gasteiger partial charge in [-0.15, -0.1) is 0 Å². The van der Waals surface area contributed by atoms with Crippen LogP contribution in [0.4, 0.5) is 5.69 Å². The van der Waals surface area contributed by atoms with Gasteiger partial charge in [-0.2, -0.15) is 0 Å². The molecule has 1 N–H and O–H groups in total. The van der Waals surface area contributed by atoms with E-state index in [9.17, 15) is 9.59 Å². The lowest BCUT2D eigenvalue weighted by Gasteiger charge is -2.19. The SMILES string of the molecule is CC[C@@H](Oc1ccc(Cl)c(C)c1)C(=O)Nc1cc(OC)c(OC)cc1C(=O)OC. The predicted molar refractivity (Wildman–Crippen MR) is 110 cm³/mol. The highest BCUT2D eigenvalue weighted by Gasteiger charge is 2.23. The van der Waals surface area contributed by atoms with Crippen LogP contribution in [0.1, 0.15) is 29.3 Å². The standard InChI is InChI=1S/C21H24ClNO6/c1-6-17(29-13-7-8-15(22)12(2)9-13)20(24)23-16-11-19(27-4)18(26-3)10-14(16)21(25)28-5/h7-11,17H,6H2,1-5H3,(H,23,24)/t17-/m1/s1. The number of nitrogens with one attached hydrogen (secondary N) is 1. The Morgan fingerprint density at radius 1 is 1.07 bits per heavy atom.